The van der Waals surface area contributed by atoms with Crippen LogP contribution in [-0.4, -0.2) is 38.0 Å². The van der Waals surface area contributed by atoms with Crippen LogP contribution in [-0.2, 0) is 22.6 Å². The van der Waals surface area contributed by atoms with E-state index in [-0.39, 0.29) is 0 Å². The molecule has 0 bridgehead atoms. The Morgan fingerprint density at radius 3 is 2.86 bits per heavy atom. The van der Waals surface area contributed by atoms with E-state index >= 15 is 0 Å². The molecule has 0 unspecified atom stereocenters. The van der Waals surface area contributed by atoms with Crippen LogP contribution < -0.4 is 5.32 Å². The minimum absolute atomic E-state index is 0.743. The van der Waals surface area contributed by atoms with E-state index in [1.54, 1.807) is 7.11 Å². The number of methoxy groups -OCH3 is 1. The van der Waals surface area contributed by atoms with E-state index in [1.807, 2.05) is 0 Å². The monoisotopic (exact) mass is 290 g/mol. The maximum absolute atomic E-state index is 5.62. The second-order valence-corrected chi connectivity index (χ2v) is 5.14. The van der Waals surface area contributed by atoms with Crippen molar-refractivity contribution in [3.63, 3.8) is 0 Å². The maximum atomic E-state index is 5.62. The van der Waals surface area contributed by atoms with Gasteiger partial charge in [-0.3, -0.25) is 0 Å². The second-order valence-electron chi connectivity index (χ2n) is 5.14. The summed E-state index contributed by atoms with van der Waals surface area (Å²) in [6.07, 6.45) is 3.09. The number of nitrogens with one attached hydrogen (secondary N) is 1. The lowest BCUT2D eigenvalue weighted by Gasteiger charge is -2.08. The number of hydrogen-bond acceptors (Lipinski definition) is 3. The SMILES string of the molecule is CCNCc1ccc2c(ccn2CCOCCCOC)c1. The van der Waals surface area contributed by atoms with Crippen LogP contribution >= 0.6 is 0 Å². The van der Waals surface area contributed by atoms with E-state index < -0.39 is 0 Å². The number of ether oxygens (including phenoxy) is 2. The summed E-state index contributed by atoms with van der Waals surface area (Å²) in [5.74, 6) is 0. The summed E-state index contributed by atoms with van der Waals surface area (Å²) >= 11 is 0. The minimum Gasteiger partial charge on any atom is -0.385 e. The van der Waals surface area contributed by atoms with Gasteiger partial charge in [0.1, 0.15) is 0 Å². The molecule has 2 aromatic rings. The van der Waals surface area contributed by atoms with E-state index in [0.29, 0.717) is 0 Å². The van der Waals surface area contributed by atoms with Gasteiger partial charge in [-0.25, -0.2) is 0 Å². The Kier molecular flexibility index (Phi) is 6.73. The van der Waals surface area contributed by atoms with Crippen molar-refractivity contribution in [2.45, 2.75) is 26.4 Å². The van der Waals surface area contributed by atoms with Gasteiger partial charge in [0.25, 0.3) is 0 Å². The summed E-state index contributed by atoms with van der Waals surface area (Å²) in [7, 11) is 1.72. The van der Waals surface area contributed by atoms with Gasteiger partial charge in [-0.05, 0) is 42.1 Å². The van der Waals surface area contributed by atoms with Crippen LogP contribution in [0, 0.1) is 0 Å². The molecule has 1 aromatic carbocycles. The van der Waals surface area contributed by atoms with Gasteiger partial charge in [-0.1, -0.05) is 13.0 Å². The quantitative estimate of drug-likeness (QED) is 0.683. The third kappa shape index (κ3) is 4.84. The Labute approximate surface area is 127 Å². The van der Waals surface area contributed by atoms with E-state index in [1.165, 1.54) is 16.5 Å². The fourth-order valence-corrected chi connectivity index (χ4v) is 2.39. The van der Waals surface area contributed by atoms with Crippen LogP contribution in [0.4, 0.5) is 0 Å². The highest BCUT2D eigenvalue weighted by molar-refractivity contribution is 5.80. The number of rotatable bonds is 10. The van der Waals surface area contributed by atoms with Crippen molar-refractivity contribution in [2.75, 3.05) is 33.5 Å². The fourth-order valence-electron chi connectivity index (χ4n) is 2.39. The predicted octanol–water partition coefficient (Wildman–Crippen LogP) is 2.80. The highest BCUT2D eigenvalue weighted by atomic mass is 16.5. The van der Waals surface area contributed by atoms with Gasteiger partial charge in [-0.15, -0.1) is 0 Å². The van der Waals surface area contributed by atoms with Crippen LogP contribution in [0.1, 0.15) is 18.9 Å². The molecule has 1 N–H and O–H groups in total. The average molecular weight is 290 g/mol. The lowest BCUT2D eigenvalue weighted by Crippen LogP contribution is -2.11. The first-order valence-corrected chi connectivity index (χ1v) is 7.70. The van der Waals surface area contributed by atoms with Crippen molar-refractivity contribution in [3.05, 3.63) is 36.0 Å². The molecular weight excluding hydrogens is 264 g/mol. The van der Waals surface area contributed by atoms with Gasteiger partial charge in [-0.2, -0.15) is 0 Å². The smallest absolute Gasteiger partial charge is 0.0645 e. The zero-order valence-corrected chi connectivity index (χ0v) is 13.1. The standard InChI is InChI=1S/C17H26N2O2/c1-3-18-14-15-5-6-17-16(13-15)7-8-19(17)9-12-21-11-4-10-20-2/h5-8,13,18H,3-4,9-12,14H2,1-2H3. The lowest BCUT2D eigenvalue weighted by atomic mass is 10.1. The molecule has 0 atom stereocenters. The van der Waals surface area contributed by atoms with E-state index in [0.717, 1.165) is 45.9 Å². The number of aromatic nitrogens is 1. The third-order valence-electron chi connectivity index (χ3n) is 3.53. The summed E-state index contributed by atoms with van der Waals surface area (Å²) in [6.45, 7) is 7.22. The van der Waals surface area contributed by atoms with Crippen LogP contribution in [0.15, 0.2) is 30.5 Å². The molecule has 0 amide bonds. The van der Waals surface area contributed by atoms with Crippen LogP contribution in [0.25, 0.3) is 10.9 Å². The second kappa shape index (κ2) is 8.82. The number of hydrogen-bond donors (Lipinski definition) is 1. The van der Waals surface area contributed by atoms with Crippen LogP contribution in [0.2, 0.25) is 0 Å². The molecule has 1 heterocycles. The van der Waals surface area contributed by atoms with Crippen molar-refractivity contribution in [2.24, 2.45) is 0 Å². The summed E-state index contributed by atoms with van der Waals surface area (Å²) in [4.78, 5) is 0. The maximum Gasteiger partial charge on any atom is 0.0645 e. The van der Waals surface area contributed by atoms with Crippen molar-refractivity contribution in [1.82, 2.24) is 9.88 Å². The van der Waals surface area contributed by atoms with Gasteiger partial charge >= 0.3 is 0 Å². The van der Waals surface area contributed by atoms with E-state index in [4.69, 9.17) is 9.47 Å². The van der Waals surface area contributed by atoms with Crippen LogP contribution in [0.5, 0.6) is 0 Å². The molecule has 0 fully saturated rings. The Morgan fingerprint density at radius 2 is 2.05 bits per heavy atom. The largest absolute Gasteiger partial charge is 0.385 e. The Balaban J connectivity index is 1.86. The molecule has 0 saturated carbocycles. The highest BCUT2D eigenvalue weighted by Gasteiger charge is 2.02. The summed E-state index contributed by atoms with van der Waals surface area (Å²) in [5, 5.41) is 4.65. The molecule has 2 rings (SSSR count). The van der Waals surface area contributed by atoms with Crippen molar-refractivity contribution >= 4 is 10.9 Å². The average Bonchev–Trinajstić information content (AvgIpc) is 2.91. The molecule has 0 aliphatic rings. The van der Waals surface area contributed by atoms with E-state index in [9.17, 15) is 0 Å². The van der Waals surface area contributed by atoms with Gasteiger partial charge in [0.2, 0.25) is 0 Å². The zero-order valence-electron chi connectivity index (χ0n) is 13.1. The number of nitrogens with zero attached hydrogens (tertiary/aromatic N) is 1. The normalized spacial score (nSPS) is 11.3. The molecule has 1 aromatic heterocycles. The Bertz CT molecular complexity index is 537. The van der Waals surface area contributed by atoms with E-state index in [2.05, 4.69) is 47.3 Å². The molecule has 0 saturated heterocycles. The summed E-state index contributed by atoms with van der Waals surface area (Å²) < 4.78 is 12.9. The molecule has 21 heavy (non-hydrogen) atoms. The molecular formula is C17H26N2O2. The summed E-state index contributed by atoms with van der Waals surface area (Å²) in [6, 6.07) is 8.83. The molecule has 0 spiro atoms. The van der Waals surface area contributed by atoms with Crippen molar-refractivity contribution in [1.29, 1.82) is 0 Å². The topological polar surface area (TPSA) is 35.4 Å². The molecule has 4 heteroatoms. The van der Waals surface area contributed by atoms with Gasteiger partial charge < -0.3 is 19.4 Å². The summed E-state index contributed by atoms with van der Waals surface area (Å²) in [5.41, 5.74) is 2.61. The molecule has 0 aliphatic heterocycles. The van der Waals surface area contributed by atoms with Crippen LogP contribution in [0.3, 0.4) is 0 Å². The molecule has 0 radical (unpaired) electrons. The number of fused-ring (bicyclic) bond motifs is 1. The van der Waals surface area contributed by atoms with Crippen molar-refractivity contribution in [3.8, 4) is 0 Å². The molecule has 116 valence electrons. The molecule has 0 aliphatic carbocycles. The van der Waals surface area contributed by atoms with Gasteiger partial charge in [0.15, 0.2) is 0 Å². The first-order valence-electron chi connectivity index (χ1n) is 7.70. The molecule has 4 nitrogen and oxygen atoms in total. The first-order chi connectivity index (χ1) is 10.3. The number of benzene rings is 1. The van der Waals surface area contributed by atoms with Crippen molar-refractivity contribution < 1.29 is 9.47 Å². The first kappa shape index (κ1) is 16.0. The Morgan fingerprint density at radius 1 is 1.14 bits per heavy atom. The van der Waals surface area contributed by atoms with Gasteiger partial charge in [0.05, 0.1) is 6.61 Å². The Hall–Kier alpha value is -1.36. The minimum atomic E-state index is 0.743. The predicted molar refractivity (Wildman–Crippen MR) is 86.6 cm³/mol. The highest BCUT2D eigenvalue weighted by Crippen LogP contribution is 2.17. The third-order valence-corrected chi connectivity index (χ3v) is 3.53. The zero-order chi connectivity index (χ0) is 14.9. The lowest BCUT2D eigenvalue weighted by molar-refractivity contribution is 0.0982. The van der Waals surface area contributed by atoms with Gasteiger partial charge in [0, 0.05) is 45.1 Å². The fraction of sp³-hybridized carbons (Fsp3) is 0.529.